The van der Waals surface area contributed by atoms with Gasteiger partial charge in [0.1, 0.15) is 0 Å². The molecular weight excluding hydrogens is 238 g/mol. The molecular formula is C15H31N3O. The molecule has 0 amide bonds. The van der Waals surface area contributed by atoms with Crippen molar-refractivity contribution in [1.82, 2.24) is 15.1 Å². The molecule has 2 aliphatic heterocycles. The van der Waals surface area contributed by atoms with Crippen LogP contribution >= 0.6 is 0 Å². The van der Waals surface area contributed by atoms with Crippen molar-refractivity contribution in [2.75, 3.05) is 52.9 Å². The zero-order chi connectivity index (χ0) is 13.7. The van der Waals surface area contributed by atoms with E-state index in [9.17, 15) is 0 Å². The molecule has 112 valence electrons. The Hall–Kier alpha value is -0.160. The lowest BCUT2D eigenvalue weighted by Crippen LogP contribution is -2.56. The van der Waals surface area contributed by atoms with Gasteiger partial charge in [0.25, 0.3) is 0 Å². The molecule has 2 fully saturated rings. The second-order valence-corrected chi connectivity index (χ2v) is 6.57. The number of likely N-dealkylation sites (tertiary alicyclic amines) is 1. The van der Waals surface area contributed by atoms with E-state index in [0.717, 1.165) is 26.2 Å². The van der Waals surface area contributed by atoms with E-state index in [1.165, 1.54) is 38.9 Å². The highest BCUT2D eigenvalue weighted by Crippen LogP contribution is 2.29. The third-order valence-electron chi connectivity index (χ3n) is 4.43. The van der Waals surface area contributed by atoms with Crippen molar-refractivity contribution in [2.24, 2.45) is 0 Å². The monoisotopic (exact) mass is 269 g/mol. The van der Waals surface area contributed by atoms with Gasteiger partial charge in [-0.25, -0.2) is 0 Å². The Morgan fingerprint density at radius 1 is 1.21 bits per heavy atom. The van der Waals surface area contributed by atoms with E-state index in [1.54, 1.807) is 0 Å². The van der Waals surface area contributed by atoms with Crippen LogP contribution in [0.4, 0.5) is 0 Å². The zero-order valence-electron chi connectivity index (χ0n) is 13.0. The summed E-state index contributed by atoms with van der Waals surface area (Å²) < 4.78 is 6.15. The van der Waals surface area contributed by atoms with Gasteiger partial charge in [-0.3, -0.25) is 4.90 Å². The van der Waals surface area contributed by atoms with Crippen LogP contribution in [0.2, 0.25) is 0 Å². The lowest BCUT2D eigenvalue weighted by atomic mass is 9.89. The SMILES string of the molecule is CC(C)NCCCN1CCOC2(CCN(C)CC2)C1. The van der Waals surface area contributed by atoms with Gasteiger partial charge in [0, 0.05) is 32.2 Å². The first-order valence-corrected chi connectivity index (χ1v) is 7.88. The lowest BCUT2D eigenvalue weighted by Gasteiger charge is -2.46. The van der Waals surface area contributed by atoms with Crippen molar-refractivity contribution in [2.45, 2.75) is 44.8 Å². The standard InChI is InChI=1S/C15H31N3O/c1-14(2)16-7-4-8-18-11-12-19-15(13-18)5-9-17(3)10-6-15/h14,16H,4-13H2,1-3H3. The number of nitrogens with zero attached hydrogens (tertiary/aromatic N) is 2. The predicted molar refractivity (Wildman–Crippen MR) is 79.6 cm³/mol. The average molecular weight is 269 g/mol. The molecule has 0 radical (unpaired) electrons. The highest BCUT2D eigenvalue weighted by molar-refractivity contribution is 4.92. The van der Waals surface area contributed by atoms with E-state index in [2.05, 4.69) is 36.0 Å². The molecule has 0 aliphatic carbocycles. The van der Waals surface area contributed by atoms with Crippen LogP contribution in [0.25, 0.3) is 0 Å². The Bertz CT molecular complexity index is 262. The maximum absolute atomic E-state index is 6.15. The lowest BCUT2D eigenvalue weighted by molar-refractivity contribution is -0.133. The van der Waals surface area contributed by atoms with Gasteiger partial charge in [-0.1, -0.05) is 13.8 Å². The van der Waals surface area contributed by atoms with Gasteiger partial charge in [0.15, 0.2) is 0 Å². The molecule has 0 atom stereocenters. The summed E-state index contributed by atoms with van der Waals surface area (Å²) in [7, 11) is 2.21. The Labute approximate surface area is 118 Å². The quantitative estimate of drug-likeness (QED) is 0.758. The molecule has 2 aliphatic rings. The van der Waals surface area contributed by atoms with Gasteiger partial charge >= 0.3 is 0 Å². The van der Waals surface area contributed by atoms with E-state index < -0.39 is 0 Å². The first-order valence-electron chi connectivity index (χ1n) is 7.88. The normalized spacial score (nSPS) is 25.3. The summed E-state index contributed by atoms with van der Waals surface area (Å²) in [6.45, 7) is 12.3. The van der Waals surface area contributed by atoms with Gasteiger partial charge in [0.2, 0.25) is 0 Å². The molecule has 0 aromatic rings. The van der Waals surface area contributed by atoms with E-state index in [1.807, 2.05) is 0 Å². The molecule has 4 nitrogen and oxygen atoms in total. The Morgan fingerprint density at radius 3 is 2.63 bits per heavy atom. The highest BCUT2D eigenvalue weighted by atomic mass is 16.5. The topological polar surface area (TPSA) is 27.7 Å². The third-order valence-corrected chi connectivity index (χ3v) is 4.43. The number of hydrogen-bond donors (Lipinski definition) is 1. The van der Waals surface area contributed by atoms with Crippen LogP contribution < -0.4 is 5.32 Å². The maximum Gasteiger partial charge on any atom is 0.0833 e. The van der Waals surface area contributed by atoms with E-state index in [4.69, 9.17) is 4.74 Å². The van der Waals surface area contributed by atoms with Crippen LogP contribution in [0, 0.1) is 0 Å². The van der Waals surface area contributed by atoms with Gasteiger partial charge in [-0.15, -0.1) is 0 Å². The molecule has 0 aromatic carbocycles. The van der Waals surface area contributed by atoms with Gasteiger partial charge < -0.3 is 15.0 Å². The Balaban J connectivity index is 1.71. The first-order chi connectivity index (χ1) is 9.10. The summed E-state index contributed by atoms with van der Waals surface area (Å²) in [5.74, 6) is 0. The van der Waals surface area contributed by atoms with Crippen molar-refractivity contribution in [3.05, 3.63) is 0 Å². The fourth-order valence-corrected chi connectivity index (χ4v) is 3.14. The number of morpholine rings is 1. The molecule has 0 saturated carbocycles. The third kappa shape index (κ3) is 4.71. The molecule has 1 spiro atoms. The minimum absolute atomic E-state index is 0.163. The van der Waals surface area contributed by atoms with Crippen molar-refractivity contribution in [1.29, 1.82) is 0 Å². The fourth-order valence-electron chi connectivity index (χ4n) is 3.14. The molecule has 0 aromatic heterocycles. The van der Waals surface area contributed by atoms with Crippen LogP contribution in [0.5, 0.6) is 0 Å². The largest absolute Gasteiger partial charge is 0.372 e. The second-order valence-electron chi connectivity index (χ2n) is 6.57. The first kappa shape index (κ1) is 15.2. The Kier molecular flexibility index (Phi) is 5.63. The van der Waals surface area contributed by atoms with Crippen LogP contribution in [-0.2, 0) is 4.74 Å². The summed E-state index contributed by atoms with van der Waals surface area (Å²) >= 11 is 0. The molecule has 4 heteroatoms. The number of hydrogen-bond acceptors (Lipinski definition) is 4. The minimum Gasteiger partial charge on any atom is -0.372 e. The van der Waals surface area contributed by atoms with Crippen molar-refractivity contribution in [3.63, 3.8) is 0 Å². The molecule has 0 bridgehead atoms. The van der Waals surface area contributed by atoms with E-state index >= 15 is 0 Å². The number of piperidine rings is 1. The molecule has 1 N–H and O–H groups in total. The van der Waals surface area contributed by atoms with Gasteiger partial charge in [-0.2, -0.15) is 0 Å². The maximum atomic E-state index is 6.15. The van der Waals surface area contributed by atoms with E-state index in [-0.39, 0.29) is 5.60 Å². The molecule has 2 heterocycles. The molecule has 19 heavy (non-hydrogen) atoms. The van der Waals surface area contributed by atoms with Gasteiger partial charge in [-0.05, 0) is 39.4 Å². The number of rotatable bonds is 5. The average Bonchev–Trinajstić information content (AvgIpc) is 2.39. The number of nitrogens with one attached hydrogen (secondary N) is 1. The summed E-state index contributed by atoms with van der Waals surface area (Å²) in [4.78, 5) is 5.02. The van der Waals surface area contributed by atoms with Crippen LogP contribution in [0.15, 0.2) is 0 Å². The zero-order valence-corrected chi connectivity index (χ0v) is 13.0. The second kappa shape index (κ2) is 7.02. The van der Waals surface area contributed by atoms with Crippen molar-refractivity contribution in [3.8, 4) is 0 Å². The predicted octanol–water partition coefficient (Wildman–Crippen LogP) is 1.17. The summed E-state index contributed by atoms with van der Waals surface area (Å²) in [6, 6.07) is 0.602. The number of ether oxygens (including phenoxy) is 1. The minimum atomic E-state index is 0.163. The smallest absolute Gasteiger partial charge is 0.0833 e. The van der Waals surface area contributed by atoms with E-state index in [0.29, 0.717) is 6.04 Å². The van der Waals surface area contributed by atoms with Crippen LogP contribution in [0.1, 0.15) is 33.1 Å². The summed E-state index contributed by atoms with van der Waals surface area (Å²) in [5.41, 5.74) is 0.163. The fraction of sp³-hybridized carbons (Fsp3) is 1.00. The summed E-state index contributed by atoms with van der Waals surface area (Å²) in [5, 5.41) is 3.50. The molecule has 2 rings (SSSR count). The van der Waals surface area contributed by atoms with Gasteiger partial charge in [0.05, 0.1) is 12.2 Å². The molecule has 0 unspecified atom stereocenters. The Morgan fingerprint density at radius 2 is 1.95 bits per heavy atom. The molecule has 2 saturated heterocycles. The van der Waals surface area contributed by atoms with Crippen molar-refractivity contribution < 1.29 is 4.74 Å². The highest BCUT2D eigenvalue weighted by Gasteiger charge is 2.38. The van der Waals surface area contributed by atoms with Crippen LogP contribution in [-0.4, -0.2) is 74.4 Å². The summed E-state index contributed by atoms with van der Waals surface area (Å²) in [6.07, 6.45) is 3.64. The van der Waals surface area contributed by atoms with Crippen molar-refractivity contribution >= 4 is 0 Å². The van der Waals surface area contributed by atoms with Crippen LogP contribution in [0.3, 0.4) is 0 Å².